The summed E-state index contributed by atoms with van der Waals surface area (Å²) in [5.41, 5.74) is 1.95. The van der Waals surface area contributed by atoms with E-state index in [1.807, 2.05) is 60.4 Å². The predicted octanol–water partition coefficient (Wildman–Crippen LogP) is 5.63. The summed E-state index contributed by atoms with van der Waals surface area (Å²) < 4.78 is 5.53. The lowest BCUT2D eigenvalue weighted by Gasteiger charge is -2.38. The van der Waals surface area contributed by atoms with Crippen molar-refractivity contribution in [3.05, 3.63) is 64.1 Å². The van der Waals surface area contributed by atoms with Crippen LogP contribution in [0.5, 0.6) is 0 Å². The van der Waals surface area contributed by atoms with Crippen LogP contribution in [0.25, 0.3) is 0 Å². The van der Waals surface area contributed by atoms with E-state index in [4.69, 9.17) is 27.9 Å². The number of ether oxygens (including phenoxy) is 1. The van der Waals surface area contributed by atoms with Gasteiger partial charge in [0.1, 0.15) is 0 Å². The molecule has 0 aliphatic carbocycles. The molecule has 3 saturated heterocycles. The molecule has 1 N–H and O–H groups in total. The zero-order valence-corrected chi connectivity index (χ0v) is 18.7. The average Bonchev–Trinajstić information content (AvgIpc) is 3.08. The second kappa shape index (κ2) is 9.69. The first-order chi connectivity index (χ1) is 14.5. The molecule has 2 bridgehead atoms. The normalized spacial score (nSPS) is 28.1. The molecule has 160 valence electrons. The molecular formula is C24H28Cl2N2O2. The Morgan fingerprint density at radius 3 is 2.27 bits per heavy atom. The lowest BCUT2D eigenvalue weighted by atomic mass is 9.89. The Morgan fingerprint density at radius 2 is 1.63 bits per heavy atom. The molecular weight excluding hydrogens is 419 g/mol. The fourth-order valence-electron chi connectivity index (χ4n) is 4.47. The molecule has 0 aromatic heterocycles. The van der Waals surface area contributed by atoms with Crippen LogP contribution in [0.3, 0.4) is 0 Å². The lowest BCUT2D eigenvalue weighted by Crippen LogP contribution is -2.42. The summed E-state index contributed by atoms with van der Waals surface area (Å²) in [4.78, 5) is 14.6. The molecule has 5 rings (SSSR count). The number of hydrogen-bond donors (Lipinski definition) is 1. The average molecular weight is 447 g/mol. The summed E-state index contributed by atoms with van der Waals surface area (Å²) in [6, 6.07) is 15.2. The third kappa shape index (κ3) is 5.00. The Balaban J connectivity index is 0.000000225. The van der Waals surface area contributed by atoms with Crippen LogP contribution in [-0.4, -0.2) is 31.2 Å². The van der Waals surface area contributed by atoms with Gasteiger partial charge in [0.05, 0.1) is 18.2 Å². The van der Waals surface area contributed by atoms with Gasteiger partial charge in [-0.25, -0.2) is 0 Å². The van der Waals surface area contributed by atoms with Crippen molar-refractivity contribution in [1.82, 2.24) is 5.32 Å². The highest BCUT2D eigenvalue weighted by Gasteiger charge is 2.34. The fraction of sp³-hybridized carbons (Fsp3) is 0.458. The van der Waals surface area contributed by atoms with Crippen LogP contribution in [-0.2, 0) is 9.53 Å². The minimum Gasteiger partial charge on any atom is -0.372 e. The van der Waals surface area contributed by atoms with Crippen LogP contribution >= 0.6 is 23.2 Å². The van der Waals surface area contributed by atoms with E-state index in [-0.39, 0.29) is 17.9 Å². The van der Waals surface area contributed by atoms with E-state index in [2.05, 4.69) is 5.32 Å². The number of nitrogens with one attached hydrogen (secondary N) is 1. The zero-order chi connectivity index (χ0) is 21.1. The number of amides is 1. The van der Waals surface area contributed by atoms with E-state index in [0.717, 1.165) is 37.2 Å². The summed E-state index contributed by atoms with van der Waals surface area (Å²) in [7, 11) is 0. The van der Waals surface area contributed by atoms with Gasteiger partial charge in [-0.3, -0.25) is 4.79 Å². The molecule has 3 aliphatic heterocycles. The van der Waals surface area contributed by atoms with Gasteiger partial charge >= 0.3 is 0 Å². The highest BCUT2D eigenvalue weighted by molar-refractivity contribution is 6.31. The van der Waals surface area contributed by atoms with Crippen molar-refractivity contribution in [3.8, 4) is 0 Å². The first kappa shape index (κ1) is 21.6. The number of benzene rings is 2. The zero-order valence-electron chi connectivity index (χ0n) is 17.2. The van der Waals surface area contributed by atoms with Gasteiger partial charge in [-0.15, -0.1) is 0 Å². The van der Waals surface area contributed by atoms with Crippen LogP contribution in [0.15, 0.2) is 48.5 Å². The molecule has 3 fully saturated rings. The third-order valence-electron chi connectivity index (χ3n) is 6.12. The molecule has 1 amide bonds. The molecule has 2 aromatic carbocycles. The monoisotopic (exact) mass is 446 g/mol. The second-order valence-corrected chi connectivity index (χ2v) is 9.22. The molecule has 30 heavy (non-hydrogen) atoms. The van der Waals surface area contributed by atoms with E-state index in [9.17, 15) is 4.79 Å². The number of carbonyl (C=O) groups excluding carboxylic acids is 1. The number of anilines is 1. The van der Waals surface area contributed by atoms with Crippen LogP contribution in [0.2, 0.25) is 10.0 Å². The van der Waals surface area contributed by atoms with E-state index in [1.165, 1.54) is 12.8 Å². The molecule has 6 heteroatoms. The Labute approximate surface area is 188 Å². The Bertz CT molecular complexity index is 860. The van der Waals surface area contributed by atoms with Gasteiger partial charge in [-0.2, -0.15) is 0 Å². The SMILES string of the molecule is C1CC2CNCC1O2.CC1CCC(c2ccc(Cl)cc2)N(c2cccc(Cl)c2)C1=O. The standard InChI is InChI=1S/C18H17Cl2NO.C6H11NO/c1-12-5-10-17(13-6-8-14(19)9-7-13)21(18(12)22)16-4-2-3-15(20)11-16;1-2-6-4-7-3-5(1)8-6/h2-4,6-9,11-12,17H,5,10H2,1H3;5-7H,1-4H2. The number of rotatable bonds is 2. The molecule has 3 aliphatic rings. The maximum absolute atomic E-state index is 12.7. The molecule has 4 atom stereocenters. The van der Waals surface area contributed by atoms with Gasteiger partial charge < -0.3 is 15.0 Å². The third-order valence-corrected chi connectivity index (χ3v) is 6.61. The predicted molar refractivity (Wildman–Crippen MR) is 122 cm³/mol. The fourth-order valence-corrected chi connectivity index (χ4v) is 4.78. The number of hydrogen-bond acceptors (Lipinski definition) is 3. The number of nitrogens with zero attached hydrogens (tertiary/aromatic N) is 1. The van der Waals surface area contributed by atoms with E-state index in [1.54, 1.807) is 0 Å². The summed E-state index contributed by atoms with van der Waals surface area (Å²) in [5.74, 6) is 0.177. The van der Waals surface area contributed by atoms with Crippen LogP contribution < -0.4 is 10.2 Å². The van der Waals surface area contributed by atoms with Gasteiger partial charge in [0.2, 0.25) is 5.91 Å². The highest BCUT2D eigenvalue weighted by Crippen LogP contribution is 2.38. The number of piperidine rings is 1. The van der Waals surface area contributed by atoms with E-state index < -0.39 is 0 Å². The van der Waals surface area contributed by atoms with Crippen molar-refractivity contribution < 1.29 is 9.53 Å². The minimum atomic E-state index is 0.0273. The van der Waals surface area contributed by atoms with Gasteiger partial charge in [0.25, 0.3) is 0 Å². The topological polar surface area (TPSA) is 41.6 Å². The largest absolute Gasteiger partial charge is 0.372 e. The molecule has 0 radical (unpaired) electrons. The molecule has 0 spiro atoms. The van der Waals surface area contributed by atoms with E-state index in [0.29, 0.717) is 22.3 Å². The van der Waals surface area contributed by atoms with E-state index >= 15 is 0 Å². The van der Waals surface area contributed by atoms with Crippen molar-refractivity contribution in [3.63, 3.8) is 0 Å². The number of halogens is 2. The molecule has 4 unspecified atom stereocenters. The van der Waals surface area contributed by atoms with Crippen molar-refractivity contribution >= 4 is 34.8 Å². The van der Waals surface area contributed by atoms with Crippen LogP contribution in [0.1, 0.15) is 44.2 Å². The van der Waals surface area contributed by atoms with Crippen molar-refractivity contribution in [2.24, 2.45) is 5.92 Å². The maximum Gasteiger partial charge on any atom is 0.230 e. The first-order valence-corrected chi connectivity index (χ1v) is 11.5. The first-order valence-electron chi connectivity index (χ1n) is 10.7. The highest BCUT2D eigenvalue weighted by atomic mass is 35.5. The maximum atomic E-state index is 12.7. The Hall–Kier alpha value is -1.59. The molecule has 2 aromatic rings. The van der Waals surface area contributed by atoms with Gasteiger partial charge in [-0.05, 0) is 61.6 Å². The quantitative estimate of drug-likeness (QED) is 0.649. The summed E-state index contributed by atoms with van der Waals surface area (Å²) in [5, 5.41) is 4.66. The summed E-state index contributed by atoms with van der Waals surface area (Å²) >= 11 is 12.1. The number of carbonyl (C=O) groups is 1. The number of fused-ring (bicyclic) bond motifs is 2. The molecule has 3 heterocycles. The number of morpholine rings is 1. The second-order valence-electron chi connectivity index (χ2n) is 8.35. The molecule has 0 saturated carbocycles. The summed E-state index contributed by atoms with van der Waals surface area (Å²) in [6.07, 6.45) is 5.47. The summed E-state index contributed by atoms with van der Waals surface area (Å²) in [6.45, 7) is 4.14. The van der Waals surface area contributed by atoms with Gasteiger partial charge in [0.15, 0.2) is 0 Å². The van der Waals surface area contributed by atoms with Crippen LogP contribution in [0, 0.1) is 5.92 Å². The van der Waals surface area contributed by atoms with Crippen LogP contribution in [0.4, 0.5) is 5.69 Å². The van der Waals surface area contributed by atoms with Crippen molar-refractivity contribution in [1.29, 1.82) is 0 Å². The van der Waals surface area contributed by atoms with Gasteiger partial charge in [0, 0.05) is 34.7 Å². The Morgan fingerprint density at radius 1 is 0.933 bits per heavy atom. The van der Waals surface area contributed by atoms with Gasteiger partial charge in [-0.1, -0.05) is 48.3 Å². The smallest absolute Gasteiger partial charge is 0.230 e. The van der Waals surface area contributed by atoms with Crippen molar-refractivity contribution in [2.75, 3.05) is 18.0 Å². The lowest BCUT2D eigenvalue weighted by molar-refractivity contribution is -0.124. The minimum absolute atomic E-state index is 0.0273. The molecule has 4 nitrogen and oxygen atoms in total. The Kier molecular flexibility index (Phi) is 6.99. The van der Waals surface area contributed by atoms with Crippen molar-refractivity contribution in [2.45, 2.75) is 50.9 Å².